The molecule has 0 unspecified atom stereocenters. The summed E-state index contributed by atoms with van der Waals surface area (Å²) in [4.78, 5) is 32.3. The first kappa shape index (κ1) is 22.4. The molecule has 1 saturated heterocycles. The summed E-state index contributed by atoms with van der Waals surface area (Å²) < 4.78 is 7.65. The molecule has 1 amide bonds. The number of ether oxygens (including phenoxy) is 1. The minimum absolute atomic E-state index is 0.335. The van der Waals surface area contributed by atoms with E-state index in [0.717, 1.165) is 73.4 Å². The van der Waals surface area contributed by atoms with Crippen LogP contribution in [0.15, 0.2) is 29.5 Å². The molecule has 34 heavy (non-hydrogen) atoms. The fraction of sp³-hybridized carbons (Fsp3) is 0.458. The number of hydroxylamine groups is 1. The summed E-state index contributed by atoms with van der Waals surface area (Å²) in [6.07, 6.45) is 7.72. The van der Waals surface area contributed by atoms with Gasteiger partial charge in [0.15, 0.2) is 22.8 Å². The van der Waals surface area contributed by atoms with Gasteiger partial charge in [0.05, 0.1) is 26.1 Å². The lowest BCUT2D eigenvalue weighted by molar-refractivity contribution is -0.129. The zero-order chi connectivity index (χ0) is 23.3. The molecule has 0 saturated carbocycles. The van der Waals surface area contributed by atoms with E-state index in [1.807, 2.05) is 12.5 Å². The topological polar surface area (TPSA) is 118 Å². The Labute approximate surface area is 197 Å². The number of carbonyl (C=O) groups is 1. The summed E-state index contributed by atoms with van der Waals surface area (Å²) in [5.74, 6) is 1.22. The summed E-state index contributed by atoms with van der Waals surface area (Å²) >= 11 is 0. The second-order valence-electron chi connectivity index (χ2n) is 8.66. The molecule has 5 rings (SSSR count). The maximum atomic E-state index is 11.1. The van der Waals surface area contributed by atoms with E-state index in [0.29, 0.717) is 32.0 Å². The Balaban J connectivity index is 1.39. The van der Waals surface area contributed by atoms with E-state index < -0.39 is 0 Å². The molecule has 10 heteroatoms. The van der Waals surface area contributed by atoms with Crippen molar-refractivity contribution in [3.05, 3.63) is 35.7 Å². The van der Waals surface area contributed by atoms with E-state index in [1.54, 1.807) is 5.48 Å². The van der Waals surface area contributed by atoms with Crippen LogP contribution in [0.25, 0.3) is 22.6 Å². The highest BCUT2D eigenvalue weighted by molar-refractivity contribution is 5.88. The Kier molecular flexibility index (Phi) is 6.77. The summed E-state index contributed by atoms with van der Waals surface area (Å²) in [7, 11) is 0. The number of aliphatic imine (C=N–C) groups is 1. The Hall–Kier alpha value is -3.37. The third-order valence-electron chi connectivity index (χ3n) is 6.33. The predicted molar refractivity (Wildman–Crippen MR) is 128 cm³/mol. The van der Waals surface area contributed by atoms with Crippen molar-refractivity contribution in [2.75, 3.05) is 31.2 Å². The maximum absolute atomic E-state index is 11.1. The standard InChI is InChI=1S/C24H29N7O3/c32-20(29-33)5-3-1-2-4-8-31-16-26-21-23(30-9-11-34-12-10-30)27-22(28-24(21)31)17-6-7-18-14-25-15-19(18)13-17/h6-7,13-14,16,33H,1-5,8-12,15H2,(H,29,32). The van der Waals surface area contributed by atoms with Gasteiger partial charge in [0, 0.05) is 37.8 Å². The van der Waals surface area contributed by atoms with E-state index in [2.05, 4.69) is 32.7 Å². The van der Waals surface area contributed by atoms with Crippen LogP contribution in [0.1, 0.15) is 43.2 Å². The Morgan fingerprint density at radius 3 is 2.82 bits per heavy atom. The average molecular weight is 464 g/mol. The van der Waals surface area contributed by atoms with Crippen molar-refractivity contribution < 1.29 is 14.7 Å². The molecule has 2 N–H and O–H groups in total. The molecule has 178 valence electrons. The number of imidazole rings is 1. The minimum Gasteiger partial charge on any atom is -0.378 e. The van der Waals surface area contributed by atoms with Gasteiger partial charge in [-0.25, -0.2) is 20.4 Å². The number of aromatic nitrogens is 4. The molecule has 2 aromatic heterocycles. The number of benzene rings is 1. The van der Waals surface area contributed by atoms with Gasteiger partial charge in [0.2, 0.25) is 5.91 Å². The number of hydrogen-bond donors (Lipinski definition) is 2. The van der Waals surface area contributed by atoms with Crippen molar-refractivity contribution in [2.45, 2.75) is 45.2 Å². The third-order valence-corrected chi connectivity index (χ3v) is 6.33. The first-order valence-corrected chi connectivity index (χ1v) is 11.8. The zero-order valence-electron chi connectivity index (χ0n) is 19.1. The van der Waals surface area contributed by atoms with Gasteiger partial charge in [-0.1, -0.05) is 25.0 Å². The molecule has 0 aliphatic carbocycles. The van der Waals surface area contributed by atoms with Crippen LogP contribution in [0.3, 0.4) is 0 Å². The molecule has 0 bridgehead atoms. The Bertz CT molecular complexity index is 1200. The van der Waals surface area contributed by atoms with Crippen molar-refractivity contribution in [1.29, 1.82) is 0 Å². The van der Waals surface area contributed by atoms with E-state index >= 15 is 0 Å². The highest BCUT2D eigenvalue weighted by Gasteiger charge is 2.21. The van der Waals surface area contributed by atoms with E-state index in [9.17, 15) is 4.79 Å². The molecule has 4 heterocycles. The van der Waals surface area contributed by atoms with Crippen LogP contribution in [0.5, 0.6) is 0 Å². The van der Waals surface area contributed by atoms with Gasteiger partial charge in [0.25, 0.3) is 0 Å². The van der Waals surface area contributed by atoms with Crippen molar-refractivity contribution in [3.63, 3.8) is 0 Å². The van der Waals surface area contributed by atoms with Gasteiger partial charge in [-0.2, -0.15) is 0 Å². The lowest BCUT2D eigenvalue weighted by atomic mass is 10.1. The number of hydrogen-bond acceptors (Lipinski definition) is 8. The van der Waals surface area contributed by atoms with Gasteiger partial charge in [-0.3, -0.25) is 15.0 Å². The molecule has 0 spiro atoms. The maximum Gasteiger partial charge on any atom is 0.243 e. The smallest absolute Gasteiger partial charge is 0.243 e. The fourth-order valence-corrected chi connectivity index (χ4v) is 4.44. The number of unbranched alkanes of at least 4 members (excludes halogenated alkanes) is 3. The molecule has 1 aromatic carbocycles. The van der Waals surface area contributed by atoms with Gasteiger partial charge >= 0.3 is 0 Å². The van der Waals surface area contributed by atoms with Gasteiger partial charge in [-0.05, 0) is 30.0 Å². The lowest BCUT2D eigenvalue weighted by Gasteiger charge is -2.28. The Morgan fingerprint density at radius 2 is 1.97 bits per heavy atom. The summed E-state index contributed by atoms with van der Waals surface area (Å²) in [5.41, 5.74) is 6.66. The third kappa shape index (κ3) is 4.78. The Morgan fingerprint density at radius 1 is 1.12 bits per heavy atom. The number of fused-ring (bicyclic) bond motifs is 2. The largest absolute Gasteiger partial charge is 0.378 e. The molecule has 10 nitrogen and oxygen atoms in total. The quantitative estimate of drug-likeness (QED) is 0.285. The van der Waals surface area contributed by atoms with Crippen molar-refractivity contribution in [1.82, 2.24) is 25.0 Å². The first-order valence-electron chi connectivity index (χ1n) is 11.8. The minimum atomic E-state index is -0.335. The summed E-state index contributed by atoms with van der Waals surface area (Å²) in [6.45, 7) is 4.38. The number of aryl methyl sites for hydroxylation is 1. The van der Waals surface area contributed by atoms with E-state index in [4.69, 9.17) is 24.9 Å². The molecule has 0 radical (unpaired) electrons. The molecular weight excluding hydrogens is 434 g/mol. The van der Waals surface area contributed by atoms with E-state index in [-0.39, 0.29) is 5.91 Å². The van der Waals surface area contributed by atoms with Crippen molar-refractivity contribution in [2.24, 2.45) is 4.99 Å². The van der Waals surface area contributed by atoms with Crippen molar-refractivity contribution in [3.8, 4) is 11.4 Å². The molecule has 3 aromatic rings. The highest BCUT2D eigenvalue weighted by atomic mass is 16.5. The first-order chi connectivity index (χ1) is 16.7. The van der Waals surface area contributed by atoms with Gasteiger partial charge < -0.3 is 14.2 Å². The molecule has 2 aliphatic rings. The zero-order valence-corrected chi connectivity index (χ0v) is 19.1. The number of carbonyl (C=O) groups excluding carboxylic acids is 1. The summed E-state index contributed by atoms with van der Waals surface area (Å²) in [6, 6.07) is 6.27. The van der Waals surface area contributed by atoms with Crippen LogP contribution in [0, 0.1) is 0 Å². The average Bonchev–Trinajstić information content (AvgIpc) is 3.52. The number of morpholine rings is 1. The number of nitrogens with zero attached hydrogens (tertiary/aromatic N) is 6. The van der Waals surface area contributed by atoms with Crippen LogP contribution >= 0.6 is 0 Å². The van der Waals surface area contributed by atoms with Crippen molar-refractivity contribution >= 4 is 29.1 Å². The van der Waals surface area contributed by atoms with E-state index in [1.165, 1.54) is 5.56 Å². The normalized spacial score (nSPS) is 15.1. The highest BCUT2D eigenvalue weighted by Crippen LogP contribution is 2.29. The van der Waals surface area contributed by atoms with Crippen LogP contribution < -0.4 is 10.4 Å². The number of amides is 1. The number of nitrogens with one attached hydrogen (secondary N) is 1. The monoisotopic (exact) mass is 463 g/mol. The molecule has 2 aliphatic heterocycles. The number of anilines is 1. The fourth-order valence-electron chi connectivity index (χ4n) is 4.44. The van der Waals surface area contributed by atoms with Gasteiger partial charge in [0.1, 0.15) is 0 Å². The lowest BCUT2D eigenvalue weighted by Crippen LogP contribution is -2.37. The predicted octanol–water partition coefficient (Wildman–Crippen LogP) is 2.72. The second kappa shape index (κ2) is 10.3. The van der Waals surface area contributed by atoms with Gasteiger partial charge in [-0.15, -0.1) is 0 Å². The summed E-state index contributed by atoms with van der Waals surface area (Å²) in [5, 5.41) is 8.59. The second-order valence-corrected chi connectivity index (χ2v) is 8.66. The van der Waals surface area contributed by atoms with Crippen LogP contribution in [0.4, 0.5) is 5.82 Å². The molecule has 0 atom stereocenters. The van der Waals surface area contributed by atoms with Crippen LogP contribution in [-0.4, -0.2) is 63.2 Å². The molecule has 1 fully saturated rings. The van der Waals surface area contributed by atoms with Crippen LogP contribution in [0.2, 0.25) is 0 Å². The SMILES string of the molecule is O=C(CCCCCCn1cnc2c(N3CCOCC3)nc(-c3ccc4c(c3)CN=C4)nc21)NO. The van der Waals surface area contributed by atoms with Crippen LogP contribution in [-0.2, 0) is 22.6 Å². The molecular formula is C24H29N7O3. The number of rotatable bonds is 9.